The molecule has 2 heterocycles. The summed E-state index contributed by atoms with van der Waals surface area (Å²) in [6, 6.07) is 11.9. The van der Waals surface area contributed by atoms with E-state index in [1.54, 1.807) is 4.90 Å². The lowest BCUT2D eigenvalue weighted by atomic mass is 10.1. The van der Waals surface area contributed by atoms with Crippen LogP contribution in [0.4, 0.5) is 0 Å². The number of nitrogens with zero attached hydrogens (tertiary/aromatic N) is 4. The highest BCUT2D eigenvalue weighted by molar-refractivity contribution is 5.75. The van der Waals surface area contributed by atoms with E-state index in [2.05, 4.69) is 22.2 Å². The van der Waals surface area contributed by atoms with Gasteiger partial charge in [0.1, 0.15) is 11.5 Å². The van der Waals surface area contributed by atoms with Crippen LogP contribution < -0.4 is 0 Å². The SMILES string of the molecule is CCCc1noc(CCCC(=O)N(C)CCCc2cc(-c3ccccc3)no2)n1. The molecular formula is C22H28N4O3. The lowest BCUT2D eigenvalue weighted by Gasteiger charge is -2.16. The van der Waals surface area contributed by atoms with E-state index in [1.165, 1.54) is 0 Å². The summed E-state index contributed by atoms with van der Waals surface area (Å²) >= 11 is 0. The third-order valence-electron chi connectivity index (χ3n) is 4.74. The minimum Gasteiger partial charge on any atom is -0.361 e. The van der Waals surface area contributed by atoms with Gasteiger partial charge in [-0.2, -0.15) is 4.98 Å². The molecule has 0 N–H and O–H groups in total. The zero-order valence-corrected chi connectivity index (χ0v) is 17.1. The Morgan fingerprint density at radius 1 is 1.03 bits per heavy atom. The van der Waals surface area contributed by atoms with E-state index in [0.717, 1.165) is 48.5 Å². The highest BCUT2D eigenvalue weighted by Gasteiger charge is 2.12. The van der Waals surface area contributed by atoms with E-state index in [9.17, 15) is 4.79 Å². The van der Waals surface area contributed by atoms with Crippen LogP contribution in [0.5, 0.6) is 0 Å². The molecule has 0 aliphatic rings. The molecule has 29 heavy (non-hydrogen) atoms. The molecule has 2 aromatic heterocycles. The Kier molecular flexibility index (Phi) is 7.55. The van der Waals surface area contributed by atoms with Crippen LogP contribution in [0.15, 0.2) is 45.4 Å². The van der Waals surface area contributed by atoms with Crippen molar-refractivity contribution in [1.29, 1.82) is 0 Å². The lowest BCUT2D eigenvalue weighted by molar-refractivity contribution is -0.130. The summed E-state index contributed by atoms with van der Waals surface area (Å²) in [6.45, 7) is 2.76. The molecule has 0 bridgehead atoms. The van der Waals surface area contributed by atoms with Gasteiger partial charge in [0, 0.05) is 50.9 Å². The Labute approximate surface area is 171 Å². The Hall–Kier alpha value is -2.96. The highest BCUT2D eigenvalue weighted by atomic mass is 16.5. The molecule has 154 valence electrons. The molecular weight excluding hydrogens is 368 g/mol. The van der Waals surface area contributed by atoms with Gasteiger partial charge in [0.15, 0.2) is 5.82 Å². The molecule has 1 aromatic carbocycles. The van der Waals surface area contributed by atoms with Crippen LogP contribution in [0.3, 0.4) is 0 Å². The van der Waals surface area contributed by atoms with Crippen molar-refractivity contribution in [3.05, 3.63) is 53.9 Å². The van der Waals surface area contributed by atoms with E-state index in [0.29, 0.717) is 31.7 Å². The number of amides is 1. The minimum atomic E-state index is 0.126. The predicted molar refractivity (Wildman–Crippen MR) is 109 cm³/mol. The maximum atomic E-state index is 12.3. The molecule has 0 saturated heterocycles. The largest absolute Gasteiger partial charge is 0.361 e. The molecule has 7 heteroatoms. The third kappa shape index (κ3) is 6.27. The average molecular weight is 396 g/mol. The van der Waals surface area contributed by atoms with Crippen molar-refractivity contribution in [2.24, 2.45) is 0 Å². The standard InChI is InChI=1S/C22H28N4O3/c1-3-9-20-23-21(29-25-20)13-7-14-22(27)26(2)15-8-12-18-16-19(24-28-18)17-10-5-4-6-11-17/h4-6,10-11,16H,3,7-9,12-15H2,1-2H3. The minimum absolute atomic E-state index is 0.126. The van der Waals surface area contributed by atoms with Crippen LogP contribution in [0.2, 0.25) is 0 Å². The summed E-state index contributed by atoms with van der Waals surface area (Å²) in [5, 5.41) is 8.06. The monoisotopic (exact) mass is 396 g/mol. The van der Waals surface area contributed by atoms with Crippen molar-refractivity contribution in [3.63, 3.8) is 0 Å². The average Bonchev–Trinajstić information content (AvgIpc) is 3.38. The number of aryl methyl sites for hydroxylation is 3. The van der Waals surface area contributed by atoms with Gasteiger partial charge in [0.05, 0.1) is 0 Å². The molecule has 3 aromatic rings. The molecule has 0 saturated carbocycles. The van der Waals surface area contributed by atoms with Gasteiger partial charge in [-0.3, -0.25) is 4.79 Å². The topological polar surface area (TPSA) is 85.3 Å². The Bertz CT molecular complexity index is 888. The molecule has 0 unspecified atom stereocenters. The van der Waals surface area contributed by atoms with Crippen LogP contribution in [-0.4, -0.2) is 39.7 Å². The molecule has 0 aliphatic heterocycles. The van der Waals surface area contributed by atoms with Crippen LogP contribution in [0.25, 0.3) is 11.3 Å². The fraction of sp³-hybridized carbons (Fsp3) is 0.455. The second kappa shape index (κ2) is 10.5. The lowest BCUT2D eigenvalue weighted by Crippen LogP contribution is -2.27. The quantitative estimate of drug-likeness (QED) is 0.485. The number of carbonyl (C=O) groups is 1. The molecule has 1 amide bonds. The Balaban J connectivity index is 1.35. The fourth-order valence-electron chi connectivity index (χ4n) is 3.09. The van der Waals surface area contributed by atoms with E-state index >= 15 is 0 Å². The molecule has 0 radical (unpaired) electrons. The Morgan fingerprint density at radius 2 is 1.86 bits per heavy atom. The fourth-order valence-corrected chi connectivity index (χ4v) is 3.09. The number of rotatable bonds is 11. The summed E-state index contributed by atoms with van der Waals surface area (Å²) in [6.07, 6.45) is 5.21. The van der Waals surface area contributed by atoms with Crippen molar-refractivity contribution in [1.82, 2.24) is 20.2 Å². The van der Waals surface area contributed by atoms with Gasteiger partial charge in [0.25, 0.3) is 0 Å². The van der Waals surface area contributed by atoms with Crippen LogP contribution >= 0.6 is 0 Å². The smallest absolute Gasteiger partial charge is 0.226 e. The number of hydrogen-bond donors (Lipinski definition) is 0. The second-order valence-electron chi connectivity index (χ2n) is 7.17. The first-order valence-electron chi connectivity index (χ1n) is 10.2. The van der Waals surface area contributed by atoms with Crippen LogP contribution in [-0.2, 0) is 24.1 Å². The van der Waals surface area contributed by atoms with Crippen molar-refractivity contribution < 1.29 is 13.8 Å². The number of hydrogen-bond acceptors (Lipinski definition) is 6. The van der Waals surface area contributed by atoms with Gasteiger partial charge in [-0.25, -0.2) is 0 Å². The van der Waals surface area contributed by atoms with Gasteiger partial charge < -0.3 is 13.9 Å². The van der Waals surface area contributed by atoms with Crippen molar-refractivity contribution in [3.8, 4) is 11.3 Å². The first-order valence-corrected chi connectivity index (χ1v) is 10.2. The highest BCUT2D eigenvalue weighted by Crippen LogP contribution is 2.19. The molecule has 0 atom stereocenters. The van der Waals surface area contributed by atoms with E-state index < -0.39 is 0 Å². The molecule has 7 nitrogen and oxygen atoms in total. The van der Waals surface area contributed by atoms with Crippen LogP contribution in [0, 0.1) is 0 Å². The first-order chi connectivity index (χ1) is 14.2. The maximum absolute atomic E-state index is 12.3. The summed E-state index contributed by atoms with van der Waals surface area (Å²) in [5.41, 5.74) is 1.88. The molecule has 0 aliphatic carbocycles. The first kappa shape index (κ1) is 20.8. The van der Waals surface area contributed by atoms with Gasteiger partial charge in [-0.05, 0) is 19.3 Å². The van der Waals surface area contributed by atoms with E-state index in [1.807, 2.05) is 43.4 Å². The summed E-state index contributed by atoms with van der Waals surface area (Å²) < 4.78 is 10.6. The van der Waals surface area contributed by atoms with Gasteiger partial charge in [0.2, 0.25) is 11.8 Å². The number of benzene rings is 1. The second-order valence-corrected chi connectivity index (χ2v) is 7.17. The van der Waals surface area contributed by atoms with Gasteiger partial charge >= 0.3 is 0 Å². The zero-order chi connectivity index (χ0) is 20.5. The summed E-state index contributed by atoms with van der Waals surface area (Å²) in [5.74, 6) is 2.32. The van der Waals surface area contributed by atoms with Crippen molar-refractivity contribution >= 4 is 5.91 Å². The number of carbonyl (C=O) groups excluding carboxylic acids is 1. The molecule has 3 rings (SSSR count). The van der Waals surface area contributed by atoms with Gasteiger partial charge in [-0.1, -0.05) is 47.6 Å². The predicted octanol–water partition coefficient (Wildman–Crippen LogP) is 4.09. The van der Waals surface area contributed by atoms with Crippen molar-refractivity contribution in [2.75, 3.05) is 13.6 Å². The molecule has 0 fully saturated rings. The molecule has 0 spiro atoms. The summed E-state index contributed by atoms with van der Waals surface area (Å²) in [7, 11) is 1.84. The van der Waals surface area contributed by atoms with E-state index in [4.69, 9.17) is 9.05 Å². The van der Waals surface area contributed by atoms with Crippen molar-refractivity contribution in [2.45, 2.75) is 51.9 Å². The van der Waals surface area contributed by atoms with E-state index in [-0.39, 0.29) is 5.91 Å². The Morgan fingerprint density at radius 3 is 2.66 bits per heavy atom. The number of aromatic nitrogens is 3. The van der Waals surface area contributed by atoms with Gasteiger partial charge in [-0.15, -0.1) is 0 Å². The third-order valence-corrected chi connectivity index (χ3v) is 4.74. The maximum Gasteiger partial charge on any atom is 0.226 e. The summed E-state index contributed by atoms with van der Waals surface area (Å²) in [4.78, 5) is 18.4. The normalized spacial score (nSPS) is 11.0. The zero-order valence-electron chi connectivity index (χ0n) is 17.1. The van der Waals surface area contributed by atoms with Crippen LogP contribution in [0.1, 0.15) is 50.1 Å².